The fraction of sp³-hybridized carbons (Fsp3) is 0.581. The van der Waals surface area contributed by atoms with E-state index in [0.29, 0.717) is 43.6 Å². The molecular formula is C31H46N6O5S2Si. The monoisotopic (exact) mass is 674 g/mol. The quantitative estimate of drug-likeness (QED) is 0.153. The van der Waals surface area contributed by atoms with Crippen LogP contribution < -0.4 is 10.6 Å². The molecule has 1 aromatic carbocycles. The fourth-order valence-electron chi connectivity index (χ4n) is 5.39. The summed E-state index contributed by atoms with van der Waals surface area (Å²) in [6, 6.07) is 6.64. The van der Waals surface area contributed by atoms with E-state index in [2.05, 4.69) is 35.3 Å². The molecule has 0 atom stereocenters. The predicted molar refractivity (Wildman–Crippen MR) is 180 cm³/mol. The molecular weight excluding hydrogens is 629 g/mol. The number of alkyl carbamates (subject to hydrolysis) is 1. The summed E-state index contributed by atoms with van der Waals surface area (Å²) in [5, 5.41) is 7.28. The van der Waals surface area contributed by atoms with Gasteiger partial charge >= 0.3 is 6.09 Å². The number of hydrogen-bond acceptors (Lipinski definition) is 9. The fourth-order valence-corrected chi connectivity index (χ4v) is 9.09. The Morgan fingerprint density at radius 1 is 1.13 bits per heavy atom. The van der Waals surface area contributed by atoms with Crippen LogP contribution in [0.15, 0.2) is 41.7 Å². The van der Waals surface area contributed by atoms with Crippen LogP contribution in [-0.4, -0.2) is 73.3 Å². The average molecular weight is 675 g/mol. The first kappa shape index (κ1) is 33.6. The predicted octanol–water partition coefficient (Wildman–Crippen LogP) is 6.62. The van der Waals surface area contributed by atoms with Gasteiger partial charge in [0.2, 0.25) is 16.0 Å². The Morgan fingerprint density at radius 2 is 1.89 bits per heavy atom. The number of nitrogens with one attached hydrogen (secondary N) is 2. The summed E-state index contributed by atoms with van der Waals surface area (Å²) in [6.45, 7) is 12.7. The lowest BCUT2D eigenvalue weighted by atomic mass is 9.86. The molecule has 0 unspecified atom stereocenters. The number of sulfonamides is 1. The molecule has 0 bridgehead atoms. The molecule has 1 amide bonds. The number of carbonyl (C=O) groups is 1. The highest BCUT2D eigenvalue weighted by molar-refractivity contribution is 7.89. The number of ether oxygens (including phenoxy) is 2. The highest BCUT2D eigenvalue weighted by Gasteiger charge is 2.33. The van der Waals surface area contributed by atoms with Crippen LogP contribution in [0.25, 0.3) is 10.4 Å². The first-order valence-electron chi connectivity index (χ1n) is 15.8. The zero-order valence-electron chi connectivity index (χ0n) is 26.9. The molecule has 2 fully saturated rings. The van der Waals surface area contributed by atoms with Crippen LogP contribution in [0.1, 0.15) is 56.9 Å². The number of nitrogens with zero attached hydrogens (tertiary/aromatic N) is 4. The van der Waals surface area contributed by atoms with Crippen molar-refractivity contribution in [3.05, 3.63) is 41.8 Å². The van der Waals surface area contributed by atoms with Crippen molar-refractivity contribution < 1.29 is 22.7 Å². The minimum absolute atomic E-state index is 0.0903. The standard InChI is InChI=1S/C31H46N6O5S2Si/c1-22(2)42-31(38)35-24-9-7-23(8-10-24)29-33-20-27(43-29)26-12-11-25(19-28(26)44(39,40)37-14-6-15-37)34-30-32-13-16-36(30)21-41-17-18-45(3,4)5/h11-13,16,19-20,22-24H,6-10,14-15,17-18,21H2,1-5H3,(H,32,34)(H,35,38). The van der Waals surface area contributed by atoms with Gasteiger partial charge in [0.15, 0.2) is 0 Å². The maximum atomic E-state index is 13.8. The summed E-state index contributed by atoms with van der Waals surface area (Å²) in [5.74, 6) is 0.858. The molecule has 2 aromatic heterocycles. The second-order valence-electron chi connectivity index (χ2n) is 13.4. The molecule has 11 nitrogen and oxygen atoms in total. The van der Waals surface area contributed by atoms with E-state index in [-0.39, 0.29) is 29.1 Å². The number of imidazole rings is 1. The average Bonchev–Trinajstić information content (AvgIpc) is 3.59. The van der Waals surface area contributed by atoms with Gasteiger partial charge in [-0.05, 0) is 64.1 Å². The van der Waals surface area contributed by atoms with Gasteiger partial charge in [-0.1, -0.05) is 25.7 Å². The van der Waals surface area contributed by atoms with E-state index in [1.54, 1.807) is 29.8 Å². The van der Waals surface area contributed by atoms with Crippen LogP contribution in [0.5, 0.6) is 0 Å². The van der Waals surface area contributed by atoms with Gasteiger partial charge in [-0.2, -0.15) is 4.31 Å². The van der Waals surface area contributed by atoms with E-state index in [9.17, 15) is 13.2 Å². The molecule has 2 aliphatic rings. The number of aromatic nitrogens is 3. The van der Waals surface area contributed by atoms with E-state index >= 15 is 0 Å². The smallest absolute Gasteiger partial charge is 0.407 e. The summed E-state index contributed by atoms with van der Waals surface area (Å²) in [4.78, 5) is 22.3. The van der Waals surface area contributed by atoms with Crippen molar-refractivity contribution in [2.45, 2.75) is 101 Å². The number of carbonyl (C=O) groups excluding carboxylic acids is 1. The van der Waals surface area contributed by atoms with Crippen LogP contribution in [-0.2, 0) is 26.2 Å². The van der Waals surface area contributed by atoms with Gasteiger partial charge in [-0.15, -0.1) is 11.3 Å². The lowest BCUT2D eigenvalue weighted by Crippen LogP contribution is -2.42. The third kappa shape index (κ3) is 8.73. The number of benzene rings is 1. The van der Waals surface area contributed by atoms with Gasteiger partial charge in [0.05, 0.1) is 20.9 Å². The van der Waals surface area contributed by atoms with Crippen molar-refractivity contribution in [3.8, 4) is 10.4 Å². The summed E-state index contributed by atoms with van der Waals surface area (Å²) in [6.07, 6.45) is 9.19. The third-order valence-electron chi connectivity index (χ3n) is 8.14. The molecule has 45 heavy (non-hydrogen) atoms. The zero-order chi connectivity index (χ0) is 32.2. The molecule has 1 saturated carbocycles. The summed E-state index contributed by atoms with van der Waals surface area (Å²) in [7, 11) is -4.88. The minimum atomic E-state index is -3.70. The number of rotatable bonds is 13. The molecule has 5 rings (SSSR count). The van der Waals surface area contributed by atoms with Gasteiger partial charge in [0.25, 0.3) is 0 Å². The first-order valence-corrected chi connectivity index (χ1v) is 21.8. The van der Waals surface area contributed by atoms with E-state index in [1.807, 2.05) is 36.7 Å². The highest BCUT2D eigenvalue weighted by atomic mass is 32.2. The largest absolute Gasteiger partial charge is 0.447 e. The maximum Gasteiger partial charge on any atom is 0.407 e. The van der Waals surface area contributed by atoms with Gasteiger partial charge in [0.1, 0.15) is 6.73 Å². The van der Waals surface area contributed by atoms with E-state index in [1.165, 1.54) is 4.31 Å². The molecule has 2 N–H and O–H groups in total. The Bertz CT molecular complexity index is 1560. The lowest BCUT2D eigenvalue weighted by Gasteiger charge is -2.30. The molecule has 1 saturated heterocycles. The summed E-state index contributed by atoms with van der Waals surface area (Å²) >= 11 is 1.55. The first-order chi connectivity index (χ1) is 21.4. The van der Waals surface area contributed by atoms with E-state index in [0.717, 1.165) is 48.0 Å². The Balaban J connectivity index is 1.31. The lowest BCUT2D eigenvalue weighted by molar-refractivity contribution is 0.0886. The van der Waals surface area contributed by atoms with Crippen LogP contribution in [0.4, 0.5) is 16.4 Å². The van der Waals surface area contributed by atoms with Gasteiger partial charge in [-0.3, -0.25) is 4.57 Å². The van der Waals surface area contributed by atoms with Crippen LogP contribution in [0.2, 0.25) is 25.7 Å². The van der Waals surface area contributed by atoms with Crippen molar-refractivity contribution in [2.75, 3.05) is 25.0 Å². The Labute approximate surface area is 271 Å². The number of thiazole rings is 1. The second-order valence-corrected chi connectivity index (χ2v) is 22.0. The summed E-state index contributed by atoms with van der Waals surface area (Å²) in [5.41, 5.74) is 1.29. The summed E-state index contributed by atoms with van der Waals surface area (Å²) < 4.78 is 42.1. The Morgan fingerprint density at radius 3 is 2.56 bits per heavy atom. The molecule has 14 heteroatoms. The Kier molecular flexibility index (Phi) is 10.7. The molecule has 1 aliphatic heterocycles. The molecule has 246 valence electrons. The van der Waals surface area contributed by atoms with Crippen LogP contribution >= 0.6 is 11.3 Å². The van der Waals surface area contributed by atoms with Crippen molar-refractivity contribution in [1.29, 1.82) is 0 Å². The van der Waals surface area contributed by atoms with Crippen molar-refractivity contribution >= 4 is 47.2 Å². The molecule has 0 spiro atoms. The topological polar surface area (TPSA) is 128 Å². The number of hydrogen-bond donors (Lipinski definition) is 2. The second kappa shape index (κ2) is 14.3. The molecule has 3 aromatic rings. The zero-order valence-corrected chi connectivity index (χ0v) is 29.5. The van der Waals surface area contributed by atoms with Gasteiger partial charge in [0, 0.05) is 69.6 Å². The normalized spacial score (nSPS) is 19.3. The van der Waals surface area contributed by atoms with Crippen LogP contribution in [0.3, 0.4) is 0 Å². The van der Waals surface area contributed by atoms with Crippen molar-refractivity contribution in [1.82, 2.24) is 24.2 Å². The minimum Gasteiger partial charge on any atom is -0.447 e. The van der Waals surface area contributed by atoms with Gasteiger partial charge in [-0.25, -0.2) is 23.2 Å². The SMILES string of the molecule is CC(C)OC(=O)NC1CCC(c2ncc(-c3ccc(Nc4nccn4COCC[Si](C)(C)C)cc3S(=O)(=O)N3CCC3)s2)CC1. The molecule has 3 heterocycles. The number of anilines is 2. The van der Waals surface area contributed by atoms with Gasteiger partial charge < -0.3 is 20.1 Å². The van der Waals surface area contributed by atoms with E-state index < -0.39 is 18.1 Å². The van der Waals surface area contributed by atoms with Crippen molar-refractivity contribution in [2.24, 2.45) is 0 Å². The molecule has 0 radical (unpaired) electrons. The van der Waals surface area contributed by atoms with Crippen molar-refractivity contribution in [3.63, 3.8) is 0 Å². The highest BCUT2D eigenvalue weighted by Crippen LogP contribution is 2.41. The number of amides is 1. The van der Waals surface area contributed by atoms with E-state index in [4.69, 9.17) is 14.5 Å². The maximum absolute atomic E-state index is 13.8. The molecule has 1 aliphatic carbocycles. The third-order valence-corrected chi connectivity index (χ3v) is 13.0. The Hall–Kier alpha value is -2.78. The van der Waals surface area contributed by atoms with Crippen LogP contribution in [0, 0.1) is 0 Å².